The minimum Gasteiger partial charge on any atom is -0.497 e. The third-order valence-electron chi connectivity index (χ3n) is 7.50. The van der Waals surface area contributed by atoms with Gasteiger partial charge in [0.2, 0.25) is 0 Å². The van der Waals surface area contributed by atoms with Gasteiger partial charge in [-0.1, -0.05) is 36.8 Å². The summed E-state index contributed by atoms with van der Waals surface area (Å²) in [5, 5.41) is 4.50. The molecule has 2 aliphatic heterocycles. The number of nitrogens with one attached hydrogen (secondary N) is 1. The molecule has 0 aliphatic carbocycles. The summed E-state index contributed by atoms with van der Waals surface area (Å²) in [6.45, 7) is 3.46. The minimum atomic E-state index is -0.104. The normalized spacial score (nSPS) is 20.6. The van der Waals surface area contributed by atoms with Gasteiger partial charge in [-0.2, -0.15) is 0 Å². The quantitative estimate of drug-likeness (QED) is 0.604. The van der Waals surface area contributed by atoms with Crippen molar-refractivity contribution in [3.05, 3.63) is 76.2 Å². The number of ether oxygens (including phenoxy) is 1. The second kappa shape index (κ2) is 10.0. The van der Waals surface area contributed by atoms with Gasteiger partial charge in [0.05, 0.1) is 19.2 Å². The zero-order chi connectivity index (χ0) is 23.5. The molecule has 2 aliphatic rings. The van der Waals surface area contributed by atoms with E-state index < -0.39 is 0 Å². The second-order valence-electron chi connectivity index (χ2n) is 9.58. The number of hydrogen-bond acceptors (Lipinski definition) is 4. The Morgan fingerprint density at radius 2 is 1.76 bits per heavy atom. The van der Waals surface area contributed by atoms with Crippen LogP contribution in [0.3, 0.4) is 0 Å². The number of benzene rings is 2. The molecule has 1 aromatic heterocycles. The Morgan fingerprint density at radius 3 is 2.56 bits per heavy atom. The summed E-state index contributed by atoms with van der Waals surface area (Å²) < 4.78 is 6.88. The maximum atomic E-state index is 13.4. The number of piperidine rings is 2. The van der Waals surface area contributed by atoms with Crippen LogP contribution >= 0.6 is 0 Å². The van der Waals surface area contributed by atoms with Gasteiger partial charge in [-0.3, -0.25) is 9.59 Å². The number of hydrogen-bond donors (Lipinski definition) is 1. The molecule has 3 heterocycles. The monoisotopic (exact) mass is 459 g/mol. The van der Waals surface area contributed by atoms with Crippen LogP contribution in [0.15, 0.2) is 59.5 Å². The predicted molar refractivity (Wildman–Crippen MR) is 135 cm³/mol. The largest absolute Gasteiger partial charge is 0.497 e. The lowest BCUT2D eigenvalue weighted by Crippen LogP contribution is -2.51. The van der Waals surface area contributed by atoms with Gasteiger partial charge in [0.15, 0.2) is 0 Å². The molecule has 2 saturated heterocycles. The van der Waals surface area contributed by atoms with E-state index in [-0.39, 0.29) is 11.5 Å². The standard InChI is InChI=1S/C28H33N3O3/c1-34-22-13-11-20(12-14-22)18-31-19-25(23-8-2-3-9-24(23)28(31)33)27(32)29-17-21-7-6-16-30-15-5-4-10-26(21)30/h2-3,8-9,11-14,19,21,26H,4-7,10,15-18H2,1H3,(H,29,32)/t21-,26+/m0/s1. The van der Waals surface area contributed by atoms with Gasteiger partial charge in [-0.15, -0.1) is 0 Å². The molecule has 2 atom stereocenters. The highest BCUT2D eigenvalue weighted by Gasteiger charge is 2.33. The lowest BCUT2D eigenvalue weighted by molar-refractivity contribution is 0.0576. The molecule has 2 aromatic carbocycles. The van der Waals surface area contributed by atoms with E-state index in [1.165, 1.54) is 45.2 Å². The predicted octanol–water partition coefficient (Wildman–Crippen LogP) is 4.05. The van der Waals surface area contributed by atoms with E-state index in [2.05, 4.69) is 10.2 Å². The molecule has 5 rings (SSSR count). The Labute approximate surface area is 200 Å². The number of pyridine rings is 1. The summed E-state index contributed by atoms with van der Waals surface area (Å²) in [7, 11) is 1.63. The number of rotatable bonds is 6. The third kappa shape index (κ3) is 4.60. The minimum absolute atomic E-state index is 0.0897. The van der Waals surface area contributed by atoms with Crippen LogP contribution in [-0.2, 0) is 6.54 Å². The first-order chi connectivity index (χ1) is 16.6. The molecule has 6 nitrogen and oxygen atoms in total. The molecule has 3 aromatic rings. The van der Waals surface area contributed by atoms with Crippen LogP contribution in [0, 0.1) is 5.92 Å². The fourth-order valence-corrected chi connectivity index (χ4v) is 5.70. The van der Waals surface area contributed by atoms with Crippen molar-refractivity contribution in [3.63, 3.8) is 0 Å². The van der Waals surface area contributed by atoms with E-state index in [4.69, 9.17) is 4.74 Å². The maximum Gasteiger partial charge on any atom is 0.258 e. The van der Waals surface area contributed by atoms with Gasteiger partial charge in [0.25, 0.3) is 11.5 Å². The van der Waals surface area contributed by atoms with Gasteiger partial charge in [-0.05, 0) is 68.5 Å². The highest BCUT2D eigenvalue weighted by molar-refractivity contribution is 6.06. The van der Waals surface area contributed by atoms with Crippen LogP contribution in [-0.4, -0.2) is 48.2 Å². The first-order valence-corrected chi connectivity index (χ1v) is 12.4. The summed E-state index contributed by atoms with van der Waals surface area (Å²) in [5.74, 6) is 1.16. The van der Waals surface area contributed by atoms with E-state index in [1.807, 2.05) is 42.5 Å². The van der Waals surface area contributed by atoms with Crippen molar-refractivity contribution >= 4 is 16.7 Å². The number of amides is 1. The Hall–Kier alpha value is -3.12. The highest BCUT2D eigenvalue weighted by Crippen LogP contribution is 2.30. The number of methoxy groups -OCH3 is 1. The molecule has 178 valence electrons. The Morgan fingerprint density at radius 1 is 1.00 bits per heavy atom. The summed E-state index contributed by atoms with van der Waals surface area (Å²) in [5.41, 5.74) is 1.44. The number of nitrogens with zero attached hydrogens (tertiary/aromatic N) is 2. The number of carbonyl (C=O) groups is 1. The third-order valence-corrected chi connectivity index (χ3v) is 7.50. The summed E-state index contributed by atoms with van der Waals surface area (Å²) in [6, 6.07) is 15.6. The first-order valence-electron chi connectivity index (χ1n) is 12.4. The van der Waals surface area contributed by atoms with E-state index in [0.29, 0.717) is 41.4 Å². The van der Waals surface area contributed by atoms with Crippen molar-refractivity contribution in [1.82, 2.24) is 14.8 Å². The topological polar surface area (TPSA) is 63.6 Å². The Kier molecular flexibility index (Phi) is 6.68. The molecule has 0 saturated carbocycles. The van der Waals surface area contributed by atoms with Crippen LogP contribution in [0.5, 0.6) is 5.75 Å². The zero-order valence-corrected chi connectivity index (χ0v) is 19.8. The first kappa shape index (κ1) is 22.7. The SMILES string of the molecule is COc1ccc(Cn2cc(C(=O)NC[C@@H]3CCCN4CCCC[C@H]34)c3ccccc3c2=O)cc1. The lowest BCUT2D eigenvalue weighted by Gasteiger charge is -2.44. The van der Waals surface area contributed by atoms with E-state index in [9.17, 15) is 9.59 Å². The van der Waals surface area contributed by atoms with Crippen LogP contribution in [0.1, 0.15) is 48.0 Å². The molecular weight excluding hydrogens is 426 g/mol. The Bertz CT molecular complexity index is 1220. The fourth-order valence-electron chi connectivity index (χ4n) is 5.70. The number of aromatic nitrogens is 1. The van der Waals surface area contributed by atoms with Crippen molar-refractivity contribution < 1.29 is 9.53 Å². The fraction of sp³-hybridized carbons (Fsp3) is 0.429. The molecule has 0 bridgehead atoms. The maximum absolute atomic E-state index is 13.4. The molecular formula is C28H33N3O3. The van der Waals surface area contributed by atoms with Crippen LogP contribution < -0.4 is 15.6 Å². The molecule has 2 fully saturated rings. The molecule has 0 unspecified atom stereocenters. The molecule has 34 heavy (non-hydrogen) atoms. The smallest absolute Gasteiger partial charge is 0.258 e. The second-order valence-corrected chi connectivity index (χ2v) is 9.58. The van der Waals surface area contributed by atoms with Crippen molar-refractivity contribution in [2.24, 2.45) is 5.92 Å². The van der Waals surface area contributed by atoms with Gasteiger partial charge >= 0.3 is 0 Å². The van der Waals surface area contributed by atoms with Crippen molar-refractivity contribution in [2.45, 2.75) is 44.7 Å². The average molecular weight is 460 g/mol. The summed E-state index contributed by atoms with van der Waals surface area (Å²) in [6.07, 6.45) is 7.89. The summed E-state index contributed by atoms with van der Waals surface area (Å²) >= 11 is 0. The van der Waals surface area contributed by atoms with Crippen molar-refractivity contribution in [3.8, 4) is 5.75 Å². The molecule has 0 spiro atoms. The Balaban J connectivity index is 1.39. The lowest BCUT2D eigenvalue weighted by atomic mass is 9.83. The molecule has 1 N–H and O–H groups in total. The summed E-state index contributed by atoms with van der Waals surface area (Å²) in [4.78, 5) is 29.2. The average Bonchev–Trinajstić information content (AvgIpc) is 2.89. The highest BCUT2D eigenvalue weighted by atomic mass is 16.5. The van der Waals surface area contributed by atoms with E-state index in [1.54, 1.807) is 23.9 Å². The number of fused-ring (bicyclic) bond motifs is 2. The van der Waals surface area contributed by atoms with Gasteiger partial charge in [-0.25, -0.2) is 0 Å². The number of carbonyl (C=O) groups excluding carboxylic acids is 1. The van der Waals surface area contributed by atoms with Crippen LogP contribution in [0.4, 0.5) is 0 Å². The van der Waals surface area contributed by atoms with Crippen LogP contribution in [0.2, 0.25) is 0 Å². The van der Waals surface area contributed by atoms with Crippen molar-refractivity contribution in [1.29, 1.82) is 0 Å². The zero-order valence-electron chi connectivity index (χ0n) is 19.8. The van der Waals surface area contributed by atoms with E-state index in [0.717, 1.165) is 11.3 Å². The van der Waals surface area contributed by atoms with Crippen LogP contribution in [0.25, 0.3) is 10.8 Å². The molecule has 1 amide bonds. The van der Waals surface area contributed by atoms with Gasteiger partial charge in [0.1, 0.15) is 5.75 Å². The molecule has 6 heteroatoms. The van der Waals surface area contributed by atoms with Gasteiger partial charge in [0, 0.05) is 29.6 Å². The molecule has 0 radical (unpaired) electrons. The van der Waals surface area contributed by atoms with Crippen molar-refractivity contribution in [2.75, 3.05) is 26.7 Å². The van der Waals surface area contributed by atoms with Gasteiger partial charge < -0.3 is 19.5 Å². The van der Waals surface area contributed by atoms with E-state index >= 15 is 0 Å².